The Bertz CT molecular complexity index is 2540. The monoisotopic (exact) mass is 921 g/mol. The molecule has 332 valence electrons. The maximum Gasteiger partial charge on any atom is 0.573 e. The van der Waals surface area contributed by atoms with Gasteiger partial charge in [0.15, 0.2) is 0 Å². The van der Waals surface area contributed by atoms with Crippen molar-refractivity contribution < 1.29 is 27.4 Å². The first-order valence-electron chi connectivity index (χ1n) is 21.1. The maximum absolute atomic E-state index is 14.0. The van der Waals surface area contributed by atoms with E-state index in [0.717, 1.165) is 88.1 Å². The number of hydrogen-bond acceptors (Lipinski definition) is 8. The summed E-state index contributed by atoms with van der Waals surface area (Å²) < 4.78 is 50.7. The molecule has 4 aromatic carbocycles. The van der Waals surface area contributed by atoms with Gasteiger partial charge in [-0.15, -0.1) is 13.2 Å². The number of fused-ring (bicyclic) bond motifs is 2. The maximum atomic E-state index is 14.0. The van der Waals surface area contributed by atoms with Gasteiger partial charge in [0.25, 0.3) is 0 Å². The number of nitrogens with zero attached hydrogens (tertiary/aromatic N) is 4. The molecular formula is C47H49Cl3F3N7O3. The molecule has 4 heterocycles. The third-order valence-corrected chi connectivity index (χ3v) is 13.1. The summed E-state index contributed by atoms with van der Waals surface area (Å²) in [4.78, 5) is 23.4. The Morgan fingerprint density at radius 1 is 0.873 bits per heavy atom. The topological polar surface area (TPSA) is 95.9 Å². The Balaban J connectivity index is 0.944. The van der Waals surface area contributed by atoms with Crippen LogP contribution in [-0.4, -0.2) is 90.1 Å². The molecule has 0 spiro atoms. The molecule has 0 atom stereocenters. The molecule has 2 aliphatic rings. The van der Waals surface area contributed by atoms with Crippen LogP contribution in [-0.2, 0) is 31.0 Å². The highest BCUT2D eigenvalue weighted by Crippen LogP contribution is 2.35. The summed E-state index contributed by atoms with van der Waals surface area (Å²) >= 11 is 19.5. The summed E-state index contributed by atoms with van der Waals surface area (Å²) in [6, 6.07) is 25.6. The number of piperazine rings is 1. The molecule has 0 bridgehead atoms. The number of rotatable bonds is 15. The summed E-state index contributed by atoms with van der Waals surface area (Å²) in [7, 11) is 1.62. The van der Waals surface area contributed by atoms with Crippen LogP contribution in [0.15, 0.2) is 91.1 Å². The number of halogens is 6. The van der Waals surface area contributed by atoms with E-state index in [9.17, 15) is 18.0 Å². The van der Waals surface area contributed by atoms with Crippen molar-refractivity contribution in [1.29, 1.82) is 0 Å². The number of methoxy groups -OCH3 is 1. The Morgan fingerprint density at radius 3 is 2.27 bits per heavy atom. The number of piperidine rings is 1. The molecule has 0 aliphatic carbocycles. The van der Waals surface area contributed by atoms with E-state index in [1.165, 1.54) is 12.1 Å². The van der Waals surface area contributed by atoms with Crippen molar-refractivity contribution in [2.24, 2.45) is 0 Å². The molecule has 2 aliphatic heterocycles. The lowest BCUT2D eigenvalue weighted by atomic mass is 9.87. The number of hydrogen-bond donors (Lipinski definition) is 3. The summed E-state index contributed by atoms with van der Waals surface area (Å²) in [5, 5.41) is 13.8. The Hall–Kier alpha value is -4.60. The van der Waals surface area contributed by atoms with Crippen LogP contribution in [0.3, 0.4) is 0 Å². The molecule has 8 rings (SSSR count). The first kappa shape index (κ1) is 45.0. The predicted octanol–water partition coefficient (Wildman–Crippen LogP) is 9.46. The van der Waals surface area contributed by atoms with Crippen molar-refractivity contribution in [1.82, 2.24) is 35.3 Å². The second-order valence-corrected chi connectivity index (χ2v) is 17.4. The van der Waals surface area contributed by atoms with Gasteiger partial charge in [-0.05, 0) is 104 Å². The molecule has 63 heavy (non-hydrogen) atoms. The average Bonchev–Trinajstić information content (AvgIpc) is 3.63. The van der Waals surface area contributed by atoms with Crippen LogP contribution in [0.5, 0.6) is 11.5 Å². The zero-order valence-corrected chi connectivity index (χ0v) is 37.1. The second-order valence-electron chi connectivity index (χ2n) is 16.2. The molecule has 10 nitrogen and oxygen atoms in total. The fraction of sp³-hybridized carbons (Fsp3) is 0.362. The normalized spacial score (nSPS) is 16.1. The minimum absolute atomic E-state index is 0.0621. The molecule has 6 aromatic rings. The fourth-order valence-electron chi connectivity index (χ4n) is 8.61. The lowest BCUT2D eigenvalue weighted by molar-refractivity contribution is -0.274. The number of pyridine rings is 1. The smallest absolute Gasteiger partial charge is 0.497 e. The Kier molecular flexibility index (Phi) is 14.0. The van der Waals surface area contributed by atoms with E-state index in [0.29, 0.717) is 73.7 Å². The quantitative estimate of drug-likeness (QED) is 0.0694. The molecule has 2 aromatic heterocycles. The van der Waals surface area contributed by atoms with E-state index < -0.39 is 11.9 Å². The number of benzene rings is 4. The molecular weight excluding hydrogens is 874 g/mol. The third kappa shape index (κ3) is 10.9. The van der Waals surface area contributed by atoms with Gasteiger partial charge < -0.3 is 24.7 Å². The molecule has 16 heteroatoms. The number of nitrogens with one attached hydrogen (secondary N) is 3. The standard InChI is InChI=1S/C47H49Cl3F3N7O3/c1-62-36-11-12-42-33(26-36)25-34(44(50)57-42)27-56-46(14-17-54-18-15-46)45(61)55-16-3-19-60-30-38(32-7-9-35(10-8-32)63-47(51,52)53)37-24-31(6-13-43(37)60)28-58-20-22-59(23-21-58)29-39-40(48)4-2-5-41(39)49/h2,4-13,24-26,30,54,56H,3,14-23,27-29H2,1H3,(H,55,61). The minimum Gasteiger partial charge on any atom is -0.497 e. The minimum atomic E-state index is -4.78. The van der Waals surface area contributed by atoms with Gasteiger partial charge in [0.05, 0.1) is 12.6 Å². The second kappa shape index (κ2) is 19.6. The number of carbonyl (C=O) groups excluding carboxylic acids is 1. The van der Waals surface area contributed by atoms with Gasteiger partial charge in [0.2, 0.25) is 5.91 Å². The first-order valence-corrected chi connectivity index (χ1v) is 22.2. The van der Waals surface area contributed by atoms with Crippen LogP contribution < -0.4 is 25.4 Å². The number of amides is 1. The lowest BCUT2D eigenvalue weighted by Gasteiger charge is -2.37. The number of aromatic nitrogens is 2. The fourth-order valence-corrected chi connectivity index (χ4v) is 9.34. The highest BCUT2D eigenvalue weighted by Gasteiger charge is 2.39. The van der Waals surface area contributed by atoms with Gasteiger partial charge in [-0.2, -0.15) is 0 Å². The zero-order valence-electron chi connectivity index (χ0n) is 34.8. The van der Waals surface area contributed by atoms with Gasteiger partial charge >= 0.3 is 6.36 Å². The Labute approximate surface area is 379 Å². The van der Waals surface area contributed by atoms with Gasteiger partial charge in [-0.3, -0.25) is 19.9 Å². The summed E-state index contributed by atoms with van der Waals surface area (Å²) in [6.07, 6.45) is -0.870. The van der Waals surface area contributed by atoms with Crippen LogP contribution in [0.25, 0.3) is 32.9 Å². The van der Waals surface area contributed by atoms with Gasteiger partial charge in [0, 0.05) is 108 Å². The van der Waals surface area contributed by atoms with Gasteiger partial charge in [-0.1, -0.05) is 59.1 Å². The Morgan fingerprint density at radius 2 is 1.57 bits per heavy atom. The van der Waals surface area contributed by atoms with E-state index >= 15 is 0 Å². The van der Waals surface area contributed by atoms with Crippen molar-refractivity contribution in [2.75, 3.05) is 52.9 Å². The molecule has 3 N–H and O–H groups in total. The van der Waals surface area contributed by atoms with Crippen LogP contribution in [0.1, 0.15) is 36.0 Å². The van der Waals surface area contributed by atoms with Crippen molar-refractivity contribution in [3.8, 4) is 22.6 Å². The number of alkyl halides is 3. The molecule has 0 radical (unpaired) electrons. The lowest BCUT2D eigenvalue weighted by Crippen LogP contribution is -2.61. The van der Waals surface area contributed by atoms with E-state index in [-0.39, 0.29) is 11.7 Å². The SMILES string of the molecule is COc1ccc2nc(Cl)c(CNC3(C(=O)NCCCn4cc(-c5ccc(OC(F)(F)F)cc5)c5cc(CN6CCN(Cc7c(Cl)cccc7Cl)CC6)ccc54)CCNCC3)cc2c1. The van der Waals surface area contributed by atoms with Crippen LogP contribution in [0, 0.1) is 0 Å². The van der Waals surface area contributed by atoms with Crippen molar-refractivity contribution in [3.63, 3.8) is 0 Å². The van der Waals surface area contributed by atoms with Crippen LogP contribution in [0.2, 0.25) is 15.2 Å². The predicted molar refractivity (Wildman–Crippen MR) is 244 cm³/mol. The molecule has 0 unspecified atom stereocenters. The summed E-state index contributed by atoms with van der Waals surface area (Å²) in [5.74, 6) is 0.384. The van der Waals surface area contributed by atoms with Crippen molar-refractivity contribution >= 4 is 62.5 Å². The van der Waals surface area contributed by atoms with Crippen molar-refractivity contribution in [3.05, 3.63) is 123 Å². The molecule has 1 amide bonds. The van der Waals surface area contributed by atoms with Gasteiger partial charge in [-0.25, -0.2) is 4.98 Å². The highest BCUT2D eigenvalue weighted by atomic mass is 35.5. The van der Waals surface area contributed by atoms with E-state index in [1.54, 1.807) is 19.2 Å². The first-order chi connectivity index (χ1) is 30.4. The van der Waals surface area contributed by atoms with Crippen molar-refractivity contribution in [2.45, 2.75) is 57.3 Å². The zero-order chi connectivity index (χ0) is 44.1. The molecule has 2 fully saturated rings. The third-order valence-electron chi connectivity index (χ3n) is 12.1. The molecule has 2 saturated heterocycles. The van der Waals surface area contributed by atoms with Crippen LogP contribution in [0.4, 0.5) is 13.2 Å². The largest absolute Gasteiger partial charge is 0.573 e. The van der Waals surface area contributed by atoms with Gasteiger partial charge in [0.1, 0.15) is 22.2 Å². The summed E-state index contributed by atoms with van der Waals surface area (Å²) in [5.41, 5.74) is 5.50. The number of carbonyl (C=O) groups is 1. The highest BCUT2D eigenvalue weighted by molar-refractivity contribution is 6.36. The molecule has 0 saturated carbocycles. The number of aryl methyl sites for hydroxylation is 1. The van der Waals surface area contributed by atoms with Crippen LogP contribution >= 0.6 is 34.8 Å². The van der Waals surface area contributed by atoms with E-state index in [4.69, 9.17) is 39.5 Å². The average molecular weight is 923 g/mol. The number of ether oxygens (including phenoxy) is 2. The van der Waals surface area contributed by atoms with E-state index in [2.05, 4.69) is 58.2 Å². The summed E-state index contributed by atoms with van der Waals surface area (Å²) in [6.45, 7) is 7.72. The van der Waals surface area contributed by atoms with E-state index in [1.807, 2.05) is 48.7 Å².